The van der Waals surface area contributed by atoms with Crippen molar-refractivity contribution in [3.63, 3.8) is 0 Å². The number of benzene rings is 3. The largest absolute Gasteiger partial charge is 0.358 e. The average Bonchev–Trinajstić information content (AvgIpc) is 3.06. The Balaban J connectivity index is 0.000000480. The van der Waals surface area contributed by atoms with E-state index in [9.17, 15) is 5.26 Å². The molecular weight excluding hydrogens is 663 g/mol. The van der Waals surface area contributed by atoms with Gasteiger partial charge in [0.25, 0.3) is 0 Å². The van der Waals surface area contributed by atoms with Crippen molar-refractivity contribution >= 4 is 5.57 Å². The van der Waals surface area contributed by atoms with E-state index in [0.717, 1.165) is 56.9 Å². The standard InChI is InChI=1S/C25H21N2.C12H10N.C2H5.CH3.Pr/c1-3-9-19(10-4-2)22-13-8-14-23(24(22)18-26)20-11-7-12-21(17-20)25-15-5-6-16-27-25;1-10-6-5-9-12(13-10)11-7-3-2-4-8-11;1-2;;/h3,5-11,13-17H,4H2,1-2H3;2-7,9H,1H3;1H2,2H3;1H3;/q4*-1;/b9-3-,19-10+;;;;. The average molecular weight is 703 g/mol. The quantitative estimate of drug-likeness (QED) is 0.131. The summed E-state index contributed by atoms with van der Waals surface area (Å²) in [7, 11) is 0. The van der Waals surface area contributed by atoms with Crippen molar-refractivity contribution in [2.75, 3.05) is 0 Å². The molecule has 0 aliphatic rings. The SMILES string of the molecule is C/C=C\C(=C/CC)c1cccc(-c2cc[c-]c(-c3ccccn3)c2)c1C#N.Cc1cccc(-c2[c-]cccc2)n1.[CH2-]C.[CH3-].[Pr]. The molecule has 0 bridgehead atoms. The molecule has 44 heavy (non-hydrogen) atoms. The molecule has 0 atom stereocenters. The summed E-state index contributed by atoms with van der Waals surface area (Å²) in [5, 5.41) is 9.91. The van der Waals surface area contributed by atoms with Crippen molar-refractivity contribution in [3.05, 3.63) is 165 Å². The van der Waals surface area contributed by atoms with Crippen molar-refractivity contribution in [2.45, 2.75) is 34.1 Å². The zero-order chi connectivity index (χ0) is 30.2. The Kier molecular flexibility index (Phi) is 18.3. The molecule has 0 N–H and O–H groups in total. The van der Waals surface area contributed by atoms with Crippen molar-refractivity contribution < 1.29 is 41.3 Å². The van der Waals surface area contributed by atoms with Crippen LogP contribution in [0.15, 0.2) is 121 Å². The third-order valence-corrected chi connectivity index (χ3v) is 6.18. The van der Waals surface area contributed by atoms with Crippen LogP contribution >= 0.6 is 0 Å². The zero-order valence-corrected chi connectivity index (χ0v) is 30.1. The fourth-order valence-corrected chi connectivity index (χ4v) is 4.37. The van der Waals surface area contributed by atoms with Crippen molar-refractivity contribution in [1.29, 1.82) is 5.26 Å². The molecule has 1 radical (unpaired) electrons. The molecule has 2 aromatic heterocycles. The predicted octanol–water partition coefficient (Wildman–Crippen LogP) is 10.6. The number of nitrogens with zero attached hydrogens (tertiary/aromatic N) is 3. The molecule has 0 aliphatic heterocycles. The molecule has 2 heterocycles. The second-order valence-electron chi connectivity index (χ2n) is 9.05. The summed E-state index contributed by atoms with van der Waals surface area (Å²) in [5.74, 6) is 0. The van der Waals surface area contributed by atoms with E-state index in [1.54, 1.807) is 13.1 Å². The first-order valence-electron chi connectivity index (χ1n) is 14.1. The fraction of sp³-hybridized carbons (Fsp3) is 0.125. The number of allylic oxidation sites excluding steroid dienone is 4. The van der Waals surface area contributed by atoms with Gasteiger partial charge in [-0.15, -0.1) is 65.7 Å². The molecule has 5 aromatic rings. The maximum atomic E-state index is 9.91. The van der Waals surface area contributed by atoms with Crippen LogP contribution in [0.2, 0.25) is 0 Å². The molecule has 3 nitrogen and oxygen atoms in total. The molecule has 3 aromatic carbocycles. The van der Waals surface area contributed by atoms with E-state index in [1.807, 2.05) is 117 Å². The van der Waals surface area contributed by atoms with Gasteiger partial charge in [-0.05, 0) is 60.5 Å². The minimum atomic E-state index is 0. The molecule has 0 unspecified atom stereocenters. The molecule has 0 spiro atoms. The predicted molar refractivity (Wildman–Crippen MR) is 182 cm³/mol. The van der Waals surface area contributed by atoms with Crippen LogP contribution in [-0.2, 0) is 0 Å². The van der Waals surface area contributed by atoms with Crippen LogP contribution in [0.1, 0.15) is 44.0 Å². The maximum Gasteiger partial charge on any atom is 0.100 e. The van der Waals surface area contributed by atoms with Gasteiger partial charge in [-0.3, -0.25) is 0 Å². The van der Waals surface area contributed by atoms with Crippen LogP contribution in [-0.4, -0.2) is 9.97 Å². The molecule has 0 fully saturated rings. The number of hydrogen-bond donors (Lipinski definition) is 0. The molecule has 5 rings (SSSR count). The molecule has 221 valence electrons. The summed E-state index contributed by atoms with van der Waals surface area (Å²) in [5.41, 5.74) is 9.49. The van der Waals surface area contributed by atoms with Gasteiger partial charge in [0.15, 0.2) is 0 Å². The molecule has 4 heteroatoms. The third kappa shape index (κ3) is 10.8. The first kappa shape index (κ1) is 38.3. The number of pyridine rings is 2. The zero-order valence-electron chi connectivity index (χ0n) is 26.4. The topological polar surface area (TPSA) is 49.6 Å². The third-order valence-electron chi connectivity index (χ3n) is 6.18. The number of hydrogen-bond acceptors (Lipinski definition) is 3. The minimum Gasteiger partial charge on any atom is -0.358 e. The van der Waals surface area contributed by atoms with Gasteiger partial charge in [-0.1, -0.05) is 73.2 Å². The van der Waals surface area contributed by atoms with Gasteiger partial charge in [0.1, 0.15) is 6.07 Å². The van der Waals surface area contributed by atoms with Crippen LogP contribution in [0.5, 0.6) is 0 Å². The van der Waals surface area contributed by atoms with E-state index in [1.165, 1.54) is 0 Å². The van der Waals surface area contributed by atoms with Gasteiger partial charge < -0.3 is 24.3 Å². The van der Waals surface area contributed by atoms with Gasteiger partial charge in [0, 0.05) is 53.2 Å². The van der Waals surface area contributed by atoms with Crippen LogP contribution in [0, 0.1) is 86.0 Å². The van der Waals surface area contributed by atoms with Crippen molar-refractivity contribution in [3.8, 4) is 39.7 Å². The van der Waals surface area contributed by atoms with E-state index in [2.05, 4.69) is 54.2 Å². The molecule has 0 saturated heterocycles. The maximum absolute atomic E-state index is 9.91. The summed E-state index contributed by atoms with van der Waals surface area (Å²) in [6.07, 6.45) is 8.90. The van der Waals surface area contributed by atoms with E-state index >= 15 is 0 Å². The monoisotopic (exact) mass is 702 g/mol. The van der Waals surface area contributed by atoms with Gasteiger partial charge in [-0.2, -0.15) is 12.2 Å². The van der Waals surface area contributed by atoms with Crippen LogP contribution in [0.25, 0.3) is 39.2 Å². The van der Waals surface area contributed by atoms with Gasteiger partial charge >= 0.3 is 0 Å². The van der Waals surface area contributed by atoms with Gasteiger partial charge in [-0.25, -0.2) is 0 Å². The Morgan fingerprint density at radius 1 is 0.886 bits per heavy atom. The fourth-order valence-electron chi connectivity index (χ4n) is 4.37. The molecule has 0 aliphatic carbocycles. The first-order chi connectivity index (χ1) is 20.6. The summed E-state index contributed by atoms with van der Waals surface area (Å²) in [6.45, 7) is 11.1. The Labute approximate surface area is 298 Å². The minimum absolute atomic E-state index is 0. The van der Waals surface area contributed by atoms with E-state index in [4.69, 9.17) is 0 Å². The van der Waals surface area contributed by atoms with Crippen molar-refractivity contribution in [1.82, 2.24) is 9.97 Å². The second kappa shape index (κ2) is 21.1. The number of aromatic nitrogens is 2. The molecule has 0 saturated carbocycles. The van der Waals surface area contributed by atoms with Crippen molar-refractivity contribution in [2.24, 2.45) is 0 Å². The summed E-state index contributed by atoms with van der Waals surface area (Å²) in [4.78, 5) is 8.82. The van der Waals surface area contributed by atoms with E-state index in [0.29, 0.717) is 5.56 Å². The molecular formula is C40H39N3Pr-4. The Morgan fingerprint density at radius 3 is 2.25 bits per heavy atom. The number of nitriles is 1. The summed E-state index contributed by atoms with van der Waals surface area (Å²) < 4.78 is 0. The van der Waals surface area contributed by atoms with Gasteiger partial charge in [0.2, 0.25) is 0 Å². The Morgan fingerprint density at radius 2 is 1.61 bits per heavy atom. The van der Waals surface area contributed by atoms with Crippen LogP contribution in [0.3, 0.4) is 0 Å². The smallest absolute Gasteiger partial charge is 0.100 e. The number of rotatable bonds is 6. The van der Waals surface area contributed by atoms with Crippen LogP contribution in [0.4, 0.5) is 0 Å². The summed E-state index contributed by atoms with van der Waals surface area (Å²) >= 11 is 0. The normalized spacial score (nSPS) is 10.1. The molecule has 0 amide bonds. The van der Waals surface area contributed by atoms with Gasteiger partial charge in [0.05, 0.1) is 5.56 Å². The van der Waals surface area contributed by atoms with Crippen LogP contribution < -0.4 is 0 Å². The number of aryl methyl sites for hydroxylation is 1. The Bertz CT molecular complexity index is 1650. The summed E-state index contributed by atoms with van der Waals surface area (Å²) in [6, 6.07) is 40.5. The second-order valence-corrected chi connectivity index (χ2v) is 9.05. The first-order valence-corrected chi connectivity index (χ1v) is 14.1. The Hall–Kier alpha value is -3.71. The van der Waals surface area contributed by atoms with E-state index in [-0.39, 0.29) is 48.7 Å². The van der Waals surface area contributed by atoms with E-state index < -0.39 is 0 Å².